The summed E-state index contributed by atoms with van der Waals surface area (Å²) in [5, 5.41) is 4.46. The molecular weight excluding hydrogens is 148 g/mol. The van der Waals surface area contributed by atoms with Crippen LogP contribution < -0.4 is 22.1 Å². The zero-order valence-corrected chi connectivity index (χ0v) is 5.66. The lowest BCUT2D eigenvalue weighted by molar-refractivity contribution is 0.249. The van der Waals surface area contributed by atoms with Crippen molar-refractivity contribution in [3.63, 3.8) is 0 Å². The maximum absolute atomic E-state index is 10.7. The van der Waals surface area contributed by atoms with E-state index in [2.05, 4.69) is 20.6 Å². The molecule has 1 heterocycles. The number of carbonyl (C=O) groups excluding carboxylic acids is 1. The number of hydrogen-bond donors (Lipinski definition) is 4. The summed E-state index contributed by atoms with van der Waals surface area (Å²) in [6, 6.07) is -0.535. The highest BCUT2D eigenvalue weighted by Crippen LogP contribution is 1.77. The zero-order valence-electron chi connectivity index (χ0n) is 5.66. The molecule has 11 heavy (non-hydrogen) atoms. The summed E-state index contributed by atoms with van der Waals surface area (Å²) >= 11 is 0. The first-order chi connectivity index (χ1) is 5.18. The third-order valence-corrected chi connectivity index (χ3v) is 0.965. The molecule has 2 amide bonds. The molecule has 0 fully saturated rings. The van der Waals surface area contributed by atoms with Crippen molar-refractivity contribution in [1.82, 2.24) is 10.6 Å². The van der Waals surface area contributed by atoms with E-state index in [1.807, 2.05) is 0 Å². The van der Waals surface area contributed by atoms with Gasteiger partial charge in [-0.15, -0.1) is 0 Å². The molecule has 0 spiro atoms. The normalized spacial score (nSPS) is 27.8. The van der Waals surface area contributed by atoms with Gasteiger partial charge in [0.1, 0.15) is 6.67 Å². The summed E-state index contributed by atoms with van der Waals surface area (Å²) < 4.78 is 0. The molecule has 0 unspecified atom stereocenters. The van der Waals surface area contributed by atoms with Crippen molar-refractivity contribution in [3.8, 4) is 0 Å². The molecule has 6 N–H and O–H groups in total. The van der Waals surface area contributed by atoms with E-state index in [1.165, 1.54) is 0 Å². The maximum Gasteiger partial charge on any atom is 0.328 e. The van der Waals surface area contributed by atoms with Crippen molar-refractivity contribution in [2.75, 3.05) is 6.67 Å². The number of amides is 2. The number of nitrogens with one attached hydrogen (secondary N) is 2. The average Bonchev–Trinajstić information content (AvgIpc) is 1.83. The number of nitrogens with two attached hydrogens (primary N) is 2. The summed E-state index contributed by atoms with van der Waals surface area (Å²) in [6.45, 7) is 0.116. The van der Waals surface area contributed by atoms with Gasteiger partial charge in [-0.3, -0.25) is 10.6 Å². The Morgan fingerprint density at radius 1 is 1.18 bits per heavy atom. The topological polar surface area (TPSA) is 118 Å². The van der Waals surface area contributed by atoms with Gasteiger partial charge < -0.3 is 11.5 Å². The minimum Gasteiger partial charge on any atom is -0.370 e. The van der Waals surface area contributed by atoms with Crippen LogP contribution in [0.5, 0.6) is 0 Å². The summed E-state index contributed by atoms with van der Waals surface area (Å²) in [5.74, 6) is 0.0532. The molecule has 1 aliphatic rings. The van der Waals surface area contributed by atoms with Gasteiger partial charge in [0.2, 0.25) is 0 Å². The van der Waals surface area contributed by atoms with E-state index in [1.54, 1.807) is 0 Å². The fraction of sp³-hybridized carbons (Fsp3) is 0.250. The Hall–Kier alpha value is -1.79. The van der Waals surface area contributed by atoms with Crippen LogP contribution in [0.4, 0.5) is 4.79 Å². The molecule has 60 valence electrons. The van der Waals surface area contributed by atoms with E-state index in [-0.39, 0.29) is 18.6 Å². The van der Waals surface area contributed by atoms with Crippen LogP contribution in [-0.4, -0.2) is 24.6 Å². The van der Waals surface area contributed by atoms with Gasteiger partial charge in [-0.25, -0.2) is 14.8 Å². The van der Waals surface area contributed by atoms with Crippen LogP contribution in [0.1, 0.15) is 0 Å². The minimum absolute atomic E-state index is 0.0266. The largest absolute Gasteiger partial charge is 0.370 e. The van der Waals surface area contributed by atoms with E-state index in [0.717, 1.165) is 0 Å². The Balaban J connectivity index is 2.72. The number of hydrogen-bond acceptors (Lipinski definition) is 5. The van der Waals surface area contributed by atoms with E-state index >= 15 is 0 Å². The van der Waals surface area contributed by atoms with Gasteiger partial charge in [0.15, 0.2) is 11.9 Å². The summed E-state index contributed by atoms with van der Waals surface area (Å²) in [7, 11) is 0. The maximum atomic E-state index is 10.7. The molecule has 1 aliphatic heterocycles. The highest BCUT2D eigenvalue weighted by atomic mass is 16.2. The minimum atomic E-state index is -0.535. The van der Waals surface area contributed by atoms with Crippen molar-refractivity contribution < 1.29 is 4.79 Å². The SMILES string of the molecule is N/C1=N/C/N=C(/N)NC(=O)N1. The Morgan fingerprint density at radius 2 is 1.64 bits per heavy atom. The second kappa shape index (κ2) is 2.86. The molecule has 0 aromatic rings. The van der Waals surface area contributed by atoms with Gasteiger partial charge in [0, 0.05) is 0 Å². The number of carbonyl (C=O) groups is 1. The van der Waals surface area contributed by atoms with Crippen molar-refractivity contribution >= 4 is 18.0 Å². The Bertz CT molecular complexity index is 209. The molecule has 0 saturated heterocycles. The number of nitrogens with zero attached hydrogens (tertiary/aromatic N) is 2. The van der Waals surface area contributed by atoms with Gasteiger partial charge in [0.25, 0.3) is 0 Å². The Labute approximate surface area is 62.6 Å². The van der Waals surface area contributed by atoms with Crippen LogP contribution in [0.15, 0.2) is 9.98 Å². The van der Waals surface area contributed by atoms with Crippen LogP contribution in [0.2, 0.25) is 0 Å². The van der Waals surface area contributed by atoms with Crippen LogP contribution in [-0.2, 0) is 0 Å². The van der Waals surface area contributed by atoms with Crippen LogP contribution in [0.3, 0.4) is 0 Å². The second-order valence-electron chi connectivity index (χ2n) is 1.81. The first-order valence-electron chi connectivity index (χ1n) is 2.86. The van der Waals surface area contributed by atoms with Crippen LogP contribution in [0, 0.1) is 0 Å². The fourth-order valence-corrected chi connectivity index (χ4v) is 0.531. The van der Waals surface area contributed by atoms with Gasteiger partial charge in [0.05, 0.1) is 0 Å². The fourth-order valence-electron chi connectivity index (χ4n) is 0.531. The number of guanidine groups is 2. The van der Waals surface area contributed by atoms with Gasteiger partial charge in [-0.05, 0) is 0 Å². The van der Waals surface area contributed by atoms with Crippen molar-refractivity contribution in [3.05, 3.63) is 0 Å². The molecule has 0 aliphatic carbocycles. The predicted octanol–water partition coefficient (Wildman–Crippen LogP) is -2.11. The summed E-state index contributed by atoms with van der Waals surface area (Å²) in [4.78, 5) is 18.0. The van der Waals surface area contributed by atoms with Gasteiger partial charge in [-0.1, -0.05) is 0 Å². The van der Waals surface area contributed by atoms with E-state index in [9.17, 15) is 4.79 Å². The molecular formula is C4H8N6O. The van der Waals surface area contributed by atoms with E-state index < -0.39 is 6.03 Å². The average molecular weight is 156 g/mol. The third-order valence-electron chi connectivity index (χ3n) is 0.965. The lowest BCUT2D eigenvalue weighted by atomic mass is 10.8. The van der Waals surface area contributed by atoms with E-state index in [4.69, 9.17) is 11.5 Å². The standard InChI is InChI=1S/C4H8N6O/c5-2-7-1-8-3(6)10-4(11)9-2/h1H2,(H6,5,6,7,8,9,10,11). The Kier molecular flexibility index (Phi) is 1.90. The molecule has 0 saturated carbocycles. The number of rotatable bonds is 0. The Morgan fingerprint density at radius 3 is 2.09 bits per heavy atom. The predicted molar refractivity (Wildman–Crippen MR) is 39.8 cm³/mol. The first kappa shape index (κ1) is 7.32. The molecule has 0 bridgehead atoms. The van der Waals surface area contributed by atoms with Gasteiger partial charge >= 0.3 is 6.03 Å². The monoisotopic (exact) mass is 156 g/mol. The van der Waals surface area contributed by atoms with Crippen molar-refractivity contribution in [1.29, 1.82) is 0 Å². The number of aliphatic imine (C=N–C) groups is 2. The number of urea groups is 1. The van der Waals surface area contributed by atoms with E-state index in [0.29, 0.717) is 0 Å². The summed E-state index contributed by atoms with van der Waals surface area (Å²) in [6.07, 6.45) is 0. The quantitative estimate of drug-likeness (QED) is 0.321. The molecule has 0 radical (unpaired) electrons. The highest BCUT2D eigenvalue weighted by Gasteiger charge is 2.05. The zero-order chi connectivity index (χ0) is 8.27. The smallest absolute Gasteiger partial charge is 0.328 e. The van der Waals surface area contributed by atoms with Crippen LogP contribution >= 0.6 is 0 Å². The third kappa shape index (κ3) is 2.12. The first-order valence-corrected chi connectivity index (χ1v) is 2.86. The highest BCUT2D eigenvalue weighted by molar-refractivity contribution is 6.03. The molecule has 0 aromatic heterocycles. The molecule has 1 rings (SSSR count). The molecule has 0 atom stereocenters. The second-order valence-corrected chi connectivity index (χ2v) is 1.81. The van der Waals surface area contributed by atoms with Gasteiger partial charge in [-0.2, -0.15) is 0 Å². The van der Waals surface area contributed by atoms with Crippen molar-refractivity contribution in [2.45, 2.75) is 0 Å². The lowest BCUT2D eigenvalue weighted by Crippen LogP contribution is -2.49. The molecule has 7 heteroatoms. The summed E-state index contributed by atoms with van der Waals surface area (Å²) in [5.41, 5.74) is 10.4. The molecule has 0 aromatic carbocycles. The van der Waals surface area contributed by atoms with Crippen LogP contribution in [0.25, 0.3) is 0 Å². The molecule has 7 nitrogen and oxygen atoms in total. The van der Waals surface area contributed by atoms with Crippen molar-refractivity contribution in [2.24, 2.45) is 21.5 Å². The lowest BCUT2D eigenvalue weighted by Gasteiger charge is -2.08.